The molecule has 0 aromatic carbocycles. The number of aromatic nitrogens is 15. The third kappa shape index (κ3) is 27.6. The zero-order chi connectivity index (χ0) is 84.4. The minimum Gasteiger partial charge on any atom is -0.444 e. The van der Waals surface area contributed by atoms with Gasteiger partial charge >= 0.3 is 12.2 Å². The zero-order valence-corrected chi connectivity index (χ0v) is 70.3. The van der Waals surface area contributed by atoms with Crippen molar-refractivity contribution >= 4 is 77.7 Å². The number of amides is 7. The number of nitrogens with one attached hydrogen (secondary N) is 6. The number of aryl methyl sites for hydroxylation is 3. The zero-order valence-electron chi connectivity index (χ0n) is 69.4. The van der Waals surface area contributed by atoms with Crippen LogP contribution in [0.2, 0.25) is 0 Å². The molecule has 0 aliphatic carbocycles. The van der Waals surface area contributed by atoms with Crippen molar-refractivity contribution in [3.8, 4) is 39.7 Å². The molecule has 9 aromatic heterocycles. The Kier molecular flexibility index (Phi) is 36.2. The SMILES string of the molecule is C.C.CC(C)(C)OC(=O)N1CCC(n2cc(N)c(C(=O)NCCCCCCn3cc(-c4cccc(OC=O)n4)cn3)n2)CC1.CC(C)(C)OC(=O)N1CCC(n2cc3c(n2)C(=O)NCCCCCCn2cc(cn2)-c2cccc(n2)C(=O)N3)CC1.CO.Cl.O=C1Nc2cn(C3CCNCC3)nc2C(=O)NCCCCCCn2cc(cn2)-c2cccc1n2. The number of pyridine rings is 3. The highest BCUT2D eigenvalue weighted by Gasteiger charge is 2.33. The molecular formula is C85H121ClN24O12. The second-order valence-electron chi connectivity index (χ2n) is 31.8. The topological polar surface area (TPSA) is 435 Å². The van der Waals surface area contributed by atoms with Gasteiger partial charge < -0.3 is 66.8 Å². The van der Waals surface area contributed by atoms with Crippen molar-refractivity contribution < 1.29 is 57.7 Å². The van der Waals surface area contributed by atoms with E-state index in [4.69, 9.17) is 25.1 Å². The average molecular weight is 1710 g/mol. The number of carbonyl (C=O) groups excluding carboxylic acids is 8. The van der Waals surface area contributed by atoms with Gasteiger partial charge in [0.1, 0.15) is 22.6 Å². The van der Waals surface area contributed by atoms with E-state index >= 15 is 0 Å². The van der Waals surface area contributed by atoms with Crippen LogP contribution >= 0.6 is 12.4 Å². The fourth-order valence-electron chi connectivity index (χ4n) is 14.3. The van der Waals surface area contributed by atoms with Gasteiger partial charge in [-0.3, -0.25) is 56.9 Å². The van der Waals surface area contributed by atoms with E-state index in [1.54, 1.807) is 92.7 Å². The number of piperidine rings is 3. The number of hydrogen-bond donors (Lipinski definition) is 8. The number of aliphatic hydroxyl groups excluding tert-OH is 1. The number of hydrogen-bond acceptors (Lipinski definition) is 23. The molecule has 9 aromatic rings. The molecule has 5 aliphatic rings. The number of unbranched alkanes of at least 4 members (excludes halogenated alkanes) is 3. The number of ether oxygens (including phenoxy) is 3. The van der Waals surface area contributed by atoms with Gasteiger partial charge in [0.25, 0.3) is 36.0 Å². The maximum atomic E-state index is 13.3. The standard InChI is InChI=1S/C29H40N8O5.C29H38N8O4.C24H30N8O2.CH4O.2CH4.ClH/c1-29(2,3)42-28(40)35-15-11-22(12-16-35)37-19-23(30)26(34-37)27(39)31-13-6-4-5-7-14-36-18-21(17-32-36)24-9-8-10-25(33-24)41-20-38;1-29(2,3)41-28(40)35-15-11-21(12-16-35)37-19-24-25(34-37)27(39)30-13-6-4-5-7-14-36-18-20(17-31-36)22-9-8-10-23(32-22)26(38)33-24;33-23-20-7-5-6-19(28-20)17-14-27-31(15-17)13-4-2-1-3-10-26-24(34)22-21(29-23)16-32(30-22)18-8-11-25-12-9-18;1-2;;;/h8-10,17-20,22H,4-7,11-16,30H2,1-3H3,(H,31,39);8-10,17-19,21H,4-7,11-16H2,1-3H3,(H,30,39)(H,33,38);5-7,14-16,18,25H,1-4,8-13H2,(H,26,34)(H,29,33);2H,1H3;2*1H4;1H. The lowest BCUT2D eigenvalue weighted by Gasteiger charge is -2.33. The predicted octanol–water partition coefficient (Wildman–Crippen LogP) is 12.0. The Hall–Kier alpha value is -11.9. The molecule has 8 bridgehead atoms. The smallest absolute Gasteiger partial charge is 0.410 e. The van der Waals surface area contributed by atoms with Gasteiger partial charge in [0, 0.05) is 132 Å². The Labute approximate surface area is 718 Å². The fraction of sp³-hybridized carbons (Fsp3) is 0.518. The molecule has 9 N–H and O–H groups in total. The van der Waals surface area contributed by atoms with Crippen LogP contribution in [0.15, 0.2) is 110 Å². The van der Waals surface area contributed by atoms with E-state index in [1.165, 1.54) is 0 Å². The number of fused-ring (bicyclic) bond motifs is 12. The Bertz CT molecular complexity index is 4880. The Balaban J connectivity index is 0.000000223. The molecule has 37 heteroatoms. The Morgan fingerprint density at radius 3 is 1.43 bits per heavy atom. The van der Waals surface area contributed by atoms with Gasteiger partial charge in [0.15, 0.2) is 17.1 Å². The van der Waals surface area contributed by atoms with Crippen LogP contribution in [0.3, 0.4) is 0 Å². The first-order chi connectivity index (χ1) is 57.5. The summed E-state index contributed by atoms with van der Waals surface area (Å²) in [4.78, 5) is 117. The molecule has 3 saturated heterocycles. The van der Waals surface area contributed by atoms with Crippen molar-refractivity contribution in [3.63, 3.8) is 0 Å². The van der Waals surface area contributed by atoms with E-state index in [-0.39, 0.29) is 116 Å². The largest absolute Gasteiger partial charge is 0.444 e. The molecular weight excluding hydrogens is 1580 g/mol. The summed E-state index contributed by atoms with van der Waals surface area (Å²) in [7, 11) is 1.00. The van der Waals surface area contributed by atoms with Crippen molar-refractivity contribution in [2.24, 2.45) is 0 Å². The Morgan fingerprint density at radius 2 is 0.943 bits per heavy atom. The number of carbonyl (C=O) groups is 8. The van der Waals surface area contributed by atoms with Crippen LogP contribution in [0.5, 0.6) is 5.88 Å². The highest BCUT2D eigenvalue weighted by Crippen LogP contribution is 2.31. The van der Waals surface area contributed by atoms with Gasteiger partial charge in [-0.1, -0.05) is 71.6 Å². The van der Waals surface area contributed by atoms with Gasteiger partial charge in [-0.25, -0.2) is 24.5 Å². The summed E-state index contributed by atoms with van der Waals surface area (Å²) in [5, 5.41) is 51.9. The normalized spacial score (nSPS) is 15.9. The van der Waals surface area contributed by atoms with E-state index in [1.807, 2.05) is 97.1 Å². The molecule has 36 nitrogen and oxygen atoms in total. The molecule has 0 saturated carbocycles. The van der Waals surface area contributed by atoms with Crippen molar-refractivity contribution in [1.82, 2.24) is 105 Å². The van der Waals surface area contributed by atoms with Gasteiger partial charge in [-0.05, 0) is 162 Å². The molecule has 14 rings (SSSR count). The van der Waals surface area contributed by atoms with Gasteiger partial charge in [0.05, 0.1) is 70.9 Å². The van der Waals surface area contributed by atoms with E-state index in [0.717, 1.165) is 146 Å². The first kappa shape index (κ1) is 95.6. The number of anilines is 3. The van der Waals surface area contributed by atoms with Crippen molar-refractivity contribution in [3.05, 3.63) is 139 Å². The highest BCUT2D eigenvalue weighted by atomic mass is 35.5. The fourth-order valence-corrected chi connectivity index (χ4v) is 14.3. The second-order valence-corrected chi connectivity index (χ2v) is 31.8. The third-order valence-electron chi connectivity index (χ3n) is 20.5. The van der Waals surface area contributed by atoms with E-state index in [9.17, 15) is 38.4 Å². The molecule has 14 heterocycles. The molecule has 0 unspecified atom stereocenters. The molecule has 5 aliphatic heterocycles. The quantitative estimate of drug-likeness (QED) is 0.0370. The molecule has 0 radical (unpaired) electrons. The summed E-state index contributed by atoms with van der Waals surface area (Å²) in [6.07, 6.45) is 31.8. The molecule has 3 fully saturated rings. The molecule has 122 heavy (non-hydrogen) atoms. The van der Waals surface area contributed by atoms with Gasteiger partial charge in [-0.15, -0.1) is 12.4 Å². The van der Waals surface area contributed by atoms with Crippen molar-refractivity contribution in [2.45, 2.75) is 221 Å². The number of halogens is 1. The first-order valence-corrected chi connectivity index (χ1v) is 41.2. The monoisotopic (exact) mass is 1700 g/mol. The summed E-state index contributed by atoms with van der Waals surface area (Å²) in [5.74, 6) is -1.46. The lowest BCUT2D eigenvalue weighted by Crippen LogP contribution is -2.42. The molecule has 660 valence electrons. The maximum Gasteiger partial charge on any atom is 0.410 e. The summed E-state index contributed by atoms with van der Waals surface area (Å²) >= 11 is 0. The predicted molar refractivity (Wildman–Crippen MR) is 465 cm³/mol. The van der Waals surface area contributed by atoms with Crippen LogP contribution in [0.1, 0.15) is 243 Å². The van der Waals surface area contributed by atoms with Crippen LogP contribution < -0.4 is 42.4 Å². The average Bonchev–Trinajstić information content (AvgIpc) is 1.66. The van der Waals surface area contributed by atoms with E-state index < -0.39 is 17.1 Å². The van der Waals surface area contributed by atoms with Crippen molar-refractivity contribution in [1.29, 1.82) is 0 Å². The van der Waals surface area contributed by atoms with E-state index in [2.05, 4.69) is 77.4 Å². The van der Waals surface area contributed by atoms with Crippen LogP contribution in [0.25, 0.3) is 33.8 Å². The summed E-state index contributed by atoms with van der Waals surface area (Å²) in [6.45, 7) is 19.4. The number of likely N-dealkylation sites (tertiary alicyclic amines) is 2. The molecule has 7 amide bonds. The lowest BCUT2D eigenvalue weighted by molar-refractivity contribution is -0.121. The third-order valence-corrected chi connectivity index (χ3v) is 20.5. The van der Waals surface area contributed by atoms with Crippen LogP contribution in [0, 0.1) is 0 Å². The van der Waals surface area contributed by atoms with Gasteiger partial charge in [-0.2, -0.15) is 30.6 Å². The van der Waals surface area contributed by atoms with Crippen LogP contribution in [-0.2, 0) is 33.9 Å². The maximum absolute atomic E-state index is 13.3. The minimum atomic E-state index is -0.558. The summed E-state index contributed by atoms with van der Waals surface area (Å²) in [6, 6.07) is 16.0. The Morgan fingerprint density at radius 1 is 0.508 bits per heavy atom. The summed E-state index contributed by atoms with van der Waals surface area (Å²) < 4.78 is 26.8. The first-order valence-electron chi connectivity index (χ1n) is 41.2. The second kappa shape index (κ2) is 46.2. The number of aliphatic hydroxyl groups is 1. The van der Waals surface area contributed by atoms with Gasteiger partial charge in [0.2, 0.25) is 5.88 Å². The highest BCUT2D eigenvalue weighted by molar-refractivity contribution is 6.08. The van der Waals surface area contributed by atoms with Crippen LogP contribution in [-0.4, -0.2) is 214 Å². The number of rotatable bonds is 14. The number of nitrogens with two attached hydrogens (primary N) is 1. The molecule has 0 spiro atoms. The molecule has 0 atom stereocenters. The van der Waals surface area contributed by atoms with E-state index in [0.29, 0.717) is 112 Å². The lowest BCUT2D eigenvalue weighted by atomic mass is 10.1. The number of nitrogen functional groups attached to an aromatic ring is 1. The number of nitrogens with zero attached hydrogens (tertiary/aromatic N) is 17. The van der Waals surface area contributed by atoms with Crippen LogP contribution in [0.4, 0.5) is 26.7 Å². The summed E-state index contributed by atoms with van der Waals surface area (Å²) in [5.41, 5.74) is 11.8. The minimum absolute atomic E-state index is 0. The van der Waals surface area contributed by atoms with Crippen molar-refractivity contribution in [2.75, 3.05) is 82.4 Å².